The lowest BCUT2D eigenvalue weighted by Gasteiger charge is -2.15. The Hall–Kier alpha value is -3.93. The second-order valence-electron chi connectivity index (χ2n) is 7.71. The van der Waals surface area contributed by atoms with Crippen LogP contribution >= 0.6 is 0 Å². The number of esters is 2. The van der Waals surface area contributed by atoms with Crippen molar-refractivity contribution in [2.24, 2.45) is 0 Å². The number of pyridine rings is 1. The monoisotopic (exact) mass is 429 g/mol. The smallest absolute Gasteiger partial charge is 0.344 e. The molecule has 0 aliphatic rings. The summed E-state index contributed by atoms with van der Waals surface area (Å²) >= 11 is 0. The summed E-state index contributed by atoms with van der Waals surface area (Å²) in [5, 5.41) is 1.35. The van der Waals surface area contributed by atoms with Gasteiger partial charge in [-0.05, 0) is 74.4 Å². The van der Waals surface area contributed by atoms with Crippen molar-refractivity contribution in [3.63, 3.8) is 0 Å². The van der Waals surface area contributed by atoms with Crippen LogP contribution in [0.3, 0.4) is 0 Å². The maximum atomic E-state index is 13.5. The van der Waals surface area contributed by atoms with Gasteiger partial charge in [-0.2, -0.15) is 0 Å². The van der Waals surface area contributed by atoms with Crippen LogP contribution in [0.5, 0.6) is 11.5 Å². The van der Waals surface area contributed by atoms with Gasteiger partial charge in [-0.3, -0.25) is 0 Å². The number of ether oxygens (including phenoxy) is 3. The molecule has 32 heavy (non-hydrogen) atoms. The maximum Gasteiger partial charge on any atom is 0.344 e. The first-order valence-corrected chi connectivity index (χ1v) is 10.1. The van der Waals surface area contributed by atoms with E-state index in [2.05, 4.69) is 0 Å². The summed E-state index contributed by atoms with van der Waals surface area (Å²) in [6.45, 7) is 5.54. The fraction of sp³-hybridized carbons (Fsp3) is 0.192. The van der Waals surface area contributed by atoms with Crippen molar-refractivity contribution in [3.05, 3.63) is 76.3 Å². The van der Waals surface area contributed by atoms with Crippen molar-refractivity contribution in [2.45, 2.75) is 20.8 Å². The van der Waals surface area contributed by atoms with Crippen LogP contribution < -0.4 is 9.47 Å². The zero-order chi connectivity index (χ0) is 23.0. The molecule has 0 aliphatic carbocycles. The van der Waals surface area contributed by atoms with E-state index in [9.17, 15) is 9.59 Å². The number of fused-ring (bicyclic) bond motifs is 2. The van der Waals surface area contributed by atoms with Crippen LogP contribution in [0.1, 0.15) is 37.4 Å². The van der Waals surface area contributed by atoms with Gasteiger partial charge in [-0.1, -0.05) is 11.6 Å². The number of hydrogen-bond donors (Lipinski definition) is 0. The van der Waals surface area contributed by atoms with Crippen LogP contribution in [-0.2, 0) is 4.74 Å². The molecule has 3 aromatic carbocycles. The first-order valence-electron chi connectivity index (χ1n) is 10.1. The van der Waals surface area contributed by atoms with E-state index < -0.39 is 11.9 Å². The number of benzene rings is 3. The van der Waals surface area contributed by atoms with Crippen molar-refractivity contribution >= 4 is 33.7 Å². The van der Waals surface area contributed by atoms with Gasteiger partial charge in [0.1, 0.15) is 11.5 Å². The minimum Gasteiger partial charge on any atom is -0.497 e. The Morgan fingerprint density at radius 3 is 2.03 bits per heavy atom. The van der Waals surface area contributed by atoms with Crippen molar-refractivity contribution in [3.8, 4) is 11.5 Å². The molecule has 0 amide bonds. The number of hydrogen-bond acceptors (Lipinski definition) is 6. The lowest BCUT2D eigenvalue weighted by Crippen LogP contribution is -2.13. The number of rotatable bonds is 4. The van der Waals surface area contributed by atoms with E-state index in [1.807, 2.05) is 37.3 Å². The average Bonchev–Trinajstić information content (AvgIpc) is 2.78. The number of carbonyl (C=O) groups is 2. The molecule has 0 saturated carbocycles. The molecular weight excluding hydrogens is 406 g/mol. The lowest BCUT2D eigenvalue weighted by molar-refractivity contribution is 0.0600. The van der Waals surface area contributed by atoms with Gasteiger partial charge in [-0.25, -0.2) is 14.6 Å². The third-order valence-corrected chi connectivity index (χ3v) is 5.42. The summed E-state index contributed by atoms with van der Waals surface area (Å²) in [4.78, 5) is 30.2. The van der Waals surface area contributed by atoms with Gasteiger partial charge in [0.05, 0.1) is 36.4 Å². The molecule has 0 unspecified atom stereocenters. The third-order valence-electron chi connectivity index (χ3n) is 5.42. The van der Waals surface area contributed by atoms with E-state index in [0.717, 1.165) is 5.56 Å². The van der Waals surface area contributed by atoms with Gasteiger partial charge in [0, 0.05) is 10.8 Å². The summed E-state index contributed by atoms with van der Waals surface area (Å²) < 4.78 is 16.1. The molecule has 4 rings (SSSR count). The number of carbonyl (C=O) groups excluding carboxylic acids is 2. The Labute approximate surface area is 185 Å². The number of aryl methyl sites for hydroxylation is 3. The average molecular weight is 429 g/mol. The first kappa shape index (κ1) is 21.3. The Kier molecular flexibility index (Phi) is 5.53. The van der Waals surface area contributed by atoms with Crippen molar-refractivity contribution < 1.29 is 23.8 Å². The van der Waals surface area contributed by atoms with E-state index in [1.54, 1.807) is 39.2 Å². The zero-order valence-electron chi connectivity index (χ0n) is 18.6. The molecule has 0 bridgehead atoms. The van der Waals surface area contributed by atoms with Crippen molar-refractivity contribution in [2.75, 3.05) is 14.2 Å². The summed E-state index contributed by atoms with van der Waals surface area (Å²) in [6.07, 6.45) is 0. The molecule has 0 atom stereocenters. The second kappa shape index (κ2) is 8.30. The molecule has 0 N–H and O–H groups in total. The molecular formula is C26H23NO5. The minimum absolute atomic E-state index is 0.405. The Balaban J connectivity index is 1.89. The Morgan fingerprint density at radius 2 is 1.41 bits per heavy atom. The summed E-state index contributed by atoms with van der Waals surface area (Å²) in [6, 6.07) is 14.5. The fourth-order valence-electron chi connectivity index (χ4n) is 3.87. The van der Waals surface area contributed by atoms with Gasteiger partial charge >= 0.3 is 11.9 Å². The summed E-state index contributed by atoms with van der Waals surface area (Å²) in [7, 11) is 2.91. The molecule has 162 valence electrons. The van der Waals surface area contributed by atoms with E-state index in [0.29, 0.717) is 55.6 Å². The summed E-state index contributed by atoms with van der Waals surface area (Å²) in [5.41, 5.74) is 4.53. The van der Waals surface area contributed by atoms with E-state index >= 15 is 0 Å². The quantitative estimate of drug-likeness (QED) is 0.248. The Bertz CT molecular complexity index is 1370. The standard InChI is InChI=1S/C26H23NO5/c1-14-6-8-21-19(10-14)23(20-13-18(30-4)7-9-22(20)27-21)26(29)32-24-15(2)11-17(12-16(24)3)25(28)31-5/h6-13H,1-5H3. The van der Waals surface area contributed by atoms with Crippen molar-refractivity contribution in [1.82, 2.24) is 4.98 Å². The molecule has 6 heteroatoms. The molecule has 0 saturated heterocycles. The predicted octanol–water partition coefficient (Wildman–Crippen LogP) is 5.33. The van der Waals surface area contributed by atoms with Crippen LogP contribution in [0.15, 0.2) is 48.5 Å². The zero-order valence-corrected chi connectivity index (χ0v) is 18.6. The molecule has 0 aliphatic heterocycles. The predicted molar refractivity (Wildman–Crippen MR) is 123 cm³/mol. The highest BCUT2D eigenvalue weighted by Gasteiger charge is 2.21. The highest BCUT2D eigenvalue weighted by molar-refractivity contribution is 6.15. The second-order valence-corrected chi connectivity index (χ2v) is 7.71. The van der Waals surface area contributed by atoms with Crippen LogP contribution in [0, 0.1) is 20.8 Å². The van der Waals surface area contributed by atoms with Gasteiger partial charge in [0.15, 0.2) is 0 Å². The molecule has 0 spiro atoms. The highest BCUT2D eigenvalue weighted by atomic mass is 16.5. The number of nitrogens with zero attached hydrogens (tertiary/aromatic N) is 1. The number of aromatic nitrogens is 1. The third kappa shape index (κ3) is 3.75. The normalized spacial score (nSPS) is 10.9. The van der Waals surface area contributed by atoms with Crippen LogP contribution in [0.4, 0.5) is 0 Å². The van der Waals surface area contributed by atoms with Crippen LogP contribution in [0.2, 0.25) is 0 Å². The topological polar surface area (TPSA) is 74.7 Å². The fourth-order valence-corrected chi connectivity index (χ4v) is 3.87. The van der Waals surface area contributed by atoms with Crippen LogP contribution in [-0.4, -0.2) is 31.1 Å². The lowest BCUT2D eigenvalue weighted by atomic mass is 10.0. The van der Waals surface area contributed by atoms with Gasteiger partial charge in [-0.15, -0.1) is 0 Å². The van der Waals surface area contributed by atoms with E-state index in [4.69, 9.17) is 19.2 Å². The van der Waals surface area contributed by atoms with Gasteiger partial charge in [0.25, 0.3) is 0 Å². The molecule has 6 nitrogen and oxygen atoms in total. The largest absolute Gasteiger partial charge is 0.497 e. The number of methoxy groups -OCH3 is 2. The van der Waals surface area contributed by atoms with E-state index in [1.165, 1.54) is 7.11 Å². The maximum absolute atomic E-state index is 13.5. The van der Waals surface area contributed by atoms with Crippen LogP contribution in [0.25, 0.3) is 21.8 Å². The molecule has 1 aromatic heterocycles. The molecule has 0 radical (unpaired) electrons. The summed E-state index contributed by atoms with van der Waals surface area (Å²) in [5.74, 6) is 0.0903. The minimum atomic E-state index is -0.502. The van der Waals surface area contributed by atoms with Crippen molar-refractivity contribution in [1.29, 1.82) is 0 Å². The van der Waals surface area contributed by atoms with Gasteiger partial charge < -0.3 is 14.2 Å². The molecule has 0 fully saturated rings. The van der Waals surface area contributed by atoms with Gasteiger partial charge in [0.2, 0.25) is 0 Å². The highest BCUT2D eigenvalue weighted by Crippen LogP contribution is 2.32. The van der Waals surface area contributed by atoms with E-state index in [-0.39, 0.29) is 0 Å². The molecule has 1 heterocycles. The Morgan fingerprint density at radius 1 is 0.781 bits per heavy atom. The first-order chi connectivity index (χ1) is 15.3. The molecule has 4 aromatic rings. The SMILES string of the molecule is COC(=O)c1cc(C)c(OC(=O)c2c3cc(C)ccc3nc3ccc(OC)cc23)c(C)c1.